The second kappa shape index (κ2) is 12.9. The molecule has 0 fully saturated rings. The Morgan fingerprint density at radius 1 is 0.972 bits per heavy atom. The van der Waals surface area contributed by atoms with Crippen LogP contribution in [-0.2, 0) is 17.9 Å². The molecule has 8 heteroatoms. The standard InChI is InChI=1S/C28H37N5O3/c1-4-16-31(18-22-11-7-5-8-12-22)20-24(34)32(17-15-21(2)3)25-26(29)33(28(36)30-27(25)35)19-23-13-9-6-10-14-23/h5-14,21H,4,15-20,29H2,1-3H3,(H,30,35,36). The van der Waals surface area contributed by atoms with Gasteiger partial charge >= 0.3 is 5.69 Å². The molecule has 3 N–H and O–H groups in total. The Balaban J connectivity index is 1.96. The van der Waals surface area contributed by atoms with Gasteiger partial charge < -0.3 is 10.6 Å². The Hall–Kier alpha value is -3.65. The molecule has 0 aliphatic carbocycles. The van der Waals surface area contributed by atoms with Gasteiger partial charge in [0.1, 0.15) is 5.82 Å². The Labute approximate surface area is 212 Å². The number of aromatic amines is 1. The van der Waals surface area contributed by atoms with Crippen LogP contribution < -0.4 is 21.9 Å². The third kappa shape index (κ3) is 7.18. The summed E-state index contributed by atoms with van der Waals surface area (Å²) in [5.41, 5.74) is 7.19. The lowest BCUT2D eigenvalue weighted by atomic mass is 10.1. The molecular weight excluding hydrogens is 454 g/mol. The first kappa shape index (κ1) is 26.9. The molecule has 36 heavy (non-hydrogen) atoms. The van der Waals surface area contributed by atoms with Crippen LogP contribution in [-0.4, -0.2) is 40.0 Å². The first-order valence-corrected chi connectivity index (χ1v) is 12.5. The van der Waals surface area contributed by atoms with E-state index >= 15 is 0 Å². The molecule has 3 aromatic rings. The molecule has 3 rings (SSSR count). The lowest BCUT2D eigenvalue weighted by Gasteiger charge is -2.28. The Morgan fingerprint density at radius 2 is 1.58 bits per heavy atom. The van der Waals surface area contributed by atoms with Crippen LogP contribution in [0.1, 0.15) is 44.7 Å². The summed E-state index contributed by atoms with van der Waals surface area (Å²) in [6.07, 6.45) is 1.58. The molecule has 2 aromatic carbocycles. The Kier molecular flexibility index (Phi) is 9.64. The van der Waals surface area contributed by atoms with E-state index in [1.165, 1.54) is 9.47 Å². The van der Waals surface area contributed by atoms with E-state index in [4.69, 9.17) is 5.73 Å². The highest BCUT2D eigenvalue weighted by atomic mass is 16.2. The normalized spacial score (nSPS) is 11.2. The number of hydrogen-bond acceptors (Lipinski definition) is 5. The third-order valence-corrected chi connectivity index (χ3v) is 6.05. The monoisotopic (exact) mass is 491 g/mol. The van der Waals surface area contributed by atoms with E-state index in [0.717, 1.165) is 24.1 Å². The van der Waals surface area contributed by atoms with Gasteiger partial charge in [-0.05, 0) is 36.4 Å². The van der Waals surface area contributed by atoms with Crippen molar-refractivity contribution in [2.24, 2.45) is 5.92 Å². The van der Waals surface area contributed by atoms with E-state index < -0.39 is 11.2 Å². The zero-order chi connectivity index (χ0) is 26.1. The molecule has 192 valence electrons. The lowest BCUT2D eigenvalue weighted by molar-refractivity contribution is -0.120. The maximum Gasteiger partial charge on any atom is 0.330 e. The molecule has 0 aliphatic heterocycles. The van der Waals surface area contributed by atoms with Gasteiger partial charge in [-0.3, -0.25) is 24.0 Å². The fourth-order valence-corrected chi connectivity index (χ4v) is 4.16. The van der Waals surface area contributed by atoms with Crippen molar-refractivity contribution in [3.05, 3.63) is 92.6 Å². The number of nitrogen functional groups attached to an aromatic ring is 1. The summed E-state index contributed by atoms with van der Waals surface area (Å²) in [5.74, 6) is 0.0869. The number of benzene rings is 2. The number of aromatic nitrogens is 2. The SMILES string of the molecule is CCCN(CC(=O)N(CCC(C)C)c1c(N)n(Cc2ccccc2)c(=O)[nH]c1=O)Cc1ccccc1. The molecule has 8 nitrogen and oxygen atoms in total. The largest absolute Gasteiger partial charge is 0.383 e. The smallest absolute Gasteiger partial charge is 0.330 e. The second-order valence-electron chi connectivity index (χ2n) is 9.49. The number of amides is 1. The minimum absolute atomic E-state index is 0.00481. The van der Waals surface area contributed by atoms with Crippen molar-refractivity contribution in [2.45, 2.75) is 46.7 Å². The van der Waals surface area contributed by atoms with Crippen LogP contribution in [0.25, 0.3) is 0 Å². The number of nitrogens with zero attached hydrogens (tertiary/aromatic N) is 3. The van der Waals surface area contributed by atoms with Crippen LogP contribution >= 0.6 is 0 Å². The lowest BCUT2D eigenvalue weighted by Crippen LogP contribution is -2.46. The molecule has 0 saturated heterocycles. The van der Waals surface area contributed by atoms with Crippen LogP contribution in [0, 0.1) is 5.92 Å². The average Bonchev–Trinajstić information content (AvgIpc) is 2.85. The van der Waals surface area contributed by atoms with E-state index in [2.05, 4.69) is 30.7 Å². The van der Waals surface area contributed by atoms with Gasteiger partial charge in [0.25, 0.3) is 5.56 Å². The maximum atomic E-state index is 13.7. The van der Waals surface area contributed by atoms with Crippen molar-refractivity contribution >= 4 is 17.4 Å². The number of nitrogens with two attached hydrogens (primary N) is 1. The molecule has 0 spiro atoms. The van der Waals surface area contributed by atoms with Gasteiger partial charge in [0.2, 0.25) is 5.91 Å². The molecule has 0 saturated carbocycles. The predicted octanol–water partition coefficient (Wildman–Crippen LogP) is 3.46. The van der Waals surface area contributed by atoms with Crippen molar-refractivity contribution in [1.29, 1.82) is 0 Å². The van der Waals surface area contributed by atoms with Crippen molar-refractivity contribution in [3.8, 4) is 0 Å². The number of carbonyl (C=O) groups excluding carboxylic acids is 1. The quantitative estimate of drug-likeness (QED) is 0.404. The molecular formula is C28H37N5O3. The van der Waals surface area contributed by atoms with E-state index in [1.54, 1.807) is 0 Å². The summed E-state index contributed by atoms with van der Waals surface area (Å²) in [6.45, 7) is 8.21. The highest BCUT2D eigenvalue weighted by molar-refractivity contribution is 5.96. The van der Waals surface area contributed by atoms with Gasteiger partial charge in [-0.25, -0.2) is 4.79 Å². The van der Waals surface area contributed by atoms with Gasteiger partial charge in [0.05, 0.1) is 13.1 Å². The zero-order valence-corrected chi connectivity index (χ0v) is 21.4. The van der Waals surface area contributed by atoms with Crippen molar-refractivity contribution in [1.82, 2.24) is 14.5 Å². The summed E-state index contributed by atoms with van der Waals surface area (Å²) in [5, 5.41) is 0. The summed E-state index contributed by atoms with van der Waals surface area (Å²) >= 11 is 0. The third-order valence-electron chi connectivity index (χ3n) is 6.05. The minimum atomic E-state index is -0.649. The Bertz CT molecular complexity index is 1240. The number of carbonyl (C=O) groups is 1. The van der Waals surface area contributed by atoms with Crippen molar-refractivity contribution in [3.63, 3.8) is 0 Å². The summed E-state index contributed by atoms with van der Waals surface area (Å²) in [4.78, 5) is 45.2. The molecule has 0 unspecified atom stereocenters. The van der Waals surface area contributed by atoms with E-state index in [1.807, 2.05) is 60.7 Å². The van der Waals surface area contributed by atoms with Crippen molar-refractivity contribution < 1.29 is 4.79 Å². The Morgan fingerprint density at radius 3 is 2.17 bits per heavy atom. The predicted molar refractivity (Wildman–Crippen MR) is 145 cm³/mol. The summed E-state index contributed by atoms with van der Waals surface area (Å²) in [6, 6.07) is 19.4. The van der Waals surface area contributed by atoms with Gasteiger partial charge in [-0.2, -0.15) is 0 Å². The summed E-state index contributed by atoms with van der Waals surface area (Å²) < 4.78 is 1.31. The van der Waals surface area contributed by atoms with E-state index in [9.17, 15) is 14.4 Å². The van der Waals surface area contributed by atoms with Crippen molar-refractivity contribution in [2.75, 3.05) is 30.3 Å². The molecule has 0 aliphatic rings. The molecule has 0 bridgehead atoms. The average molecular weight is 492 g/mol. The first-order chi connectivity index (χ1) is 17.3. The molecule has 0 radical (unpaired) electrons. The topological polar surface area (TPSA) is 104 Å². The van der Waals surface area contributed by atoms with Crippen LogP contribution in [0.4, 0.5) is 11.5 Å². The second-order valence-corrected chi connectivity index (χ2v) is 9.49. The summed E-state index contributed by atoms with van der Waals surface area (Å²) in [7, 11) is 0. The number of H-pyrrole nitrogens is 1. The van der Waals surface area contributed by atoms with Crippen LogP contribution in [0.2, 0.25) is 0 Å². The van der Waals surface area contributed by atoms with Gasteiger partial charge in [-0.1, -0.05) is 81.4 Å². The van der Waals surface area contributed by atoms with Crippen LogP contribution in [0.15, 0.2) is 70.3 Å². The fourth-order valence-electron chi connectivity index (χ4n) is 4.16. The molecule has 1 amide bonds. The number of rotatable bonds is 12. The maximum absolute atomic E-state index is 13.7. The minimum Gasteiger partial charge on any atom is -0.383 e. The zero-order valence-electron chi connectivity index (χ0n) is 21.4. The number of hydrogen-bond donors (Lipinski definition) is 2. The van der Waals surface area contributed by atoms with Crippen LogP contribution in [0.5, 0.6) is 0 Å². The van der Waals surface area contributed by atoms with Gasteiger partial charge in [0.15, 0.2) is 5.69 Å². The van der Waals surface area contributed by atoms with E-state index in [-0.39, 0.29) is 30.5 Å². The van der Waals surface area contributed by atoms with Gasteiger partial charge in [0, 0.05) is 13.1 Å². The highest BCUT2D eigenvalue weighted by Crippen LogP contribution is 2.20. The number of nitrogens with one attached hydrogen (secondary N) is 1. The van der Waals surface area contributed by atoms with Crippen LogP contribution in [0.3, 0.4) is 0 Å². The van der Waals surface area contributed by atoms with E-state index in [0.29, 0.717) is 25.4 Å². The molecule has 1 heterocycles. The molecule has 1 aromatic heterocycles. The highest BCUT2D eigenvalue weighted by Gasteiger charge is 2.26. The first-order valence-electron chi connectivity index (χ1n) is 12.5. The number of anilines is 2. The molecule has 0 atom stereocenters. The van der Waals surface area contributed by atoms with Gasteiger partial charge in [-0.15, -0.1) is 0 Å². The fraction of sp³-hybridized carbons (Fsp3) is 0.393.